The third-order valence-electron chi connectivity index (χ3n) is 3.89. The molecule has 3 rings (SSSR count). The first kappa shape index (κ1) is 16.4. The van der Waals surface area contributed by atoms with Crippen molar-refractivity contribution in [1.29, 1.82) is 0 Å². The number of amides is 2. The van der Waals surface area contributed by atoms with Crippen LogP contribution in [0.2, 0.25) is 0 Å². The Hall–Kier alpha value is -2.41. The smallest absolute Gasteiger partial charge is 0.287 e. The fourth-order valence-electron chi connectivity index (χ4n) is 2.67. The highest BCUT2D eigenvalue weighted by Crippen LogP contribution is 2.27. The first-order valence-corrected chi connectivity index (χ1v) is 8.29. The van der Waals surface area contributed by atoms with Crippen LogP contribution >= 0.6 is 15.9 Å². The van der Waals surface area contributed by atoms with Gasteiger partial charge in [0.15, 0.2) is 16.2 Å². The molecular weight excluding hydrogens is 376 g/mol. The van der Waals surface area contributed by atoms with Gasteiger partial charge in [-0.05, 0) is 58.2 Å². The average molecular weight is 391 g/mol. The number of carbonyl (C=O) groups excluding carboxylic acids is 3. The van der Waals surface area contributed by atoms with Crippen LogP contribution in [0.4, 0.5) is 5.69 Å². The maximum atomic E-state index is 12.3. The van der Waals surface area contributed by atoms with E-state index >= 15 is 0 Å². The summed E-state index contributed by atoms with van der Waals surface area (Å²) in [5.41, 5.74) is 2.45. The molecule has 0 bridgehead atoms. The lowest BCUT2D eigenvalue weighted by Crippen LogP contribution is -2.25. The van der Waals surface area contributed by atoms with Crippen LogP contribution in [-0.4, -0.2) is 31.2 Å². The molecule has 24 heavy (non-hydrogen) atoms. The quantitative estimate of drug-likeness (QED) is 0.607. The predicted octanol–water partition coefficient (Wildman–Crippen LogP) is 2.56. The number of fused-ring (bicyclic) bond motifs is 1. The van der Waals surface area contributed by atoms with E-state index in [1.54, 1.807) is 29.2 Å². The van der Waals surface area contributed by atoms with E-state index in [-0.39, 0.29) is 30.4 Å². The molecular formula is C17H15BrN2O4. The van der Waals surface area contributed by atoms with E-state index in [0.717, 1.165) is 24.1 Å². The van der Waals surface area contributed by atoms with Crippen molar-refractivity contribution in [3.63, 3.8) is 0 Å². The van der Waals surface area contributed by atoms with E-state index < -0.39 is 0 Å². The van der Waals surface area contributed by atoms with Crippen LogP contribution in [0.25, 0.3) is 0 Å². The summed E-state index contributed by atoms with van der Waals surface area (Å²) in [6, 6.07) is 8.53. The van der Waals surface area contributed by atoms with Crippen molar-refractivity contribution in [2.24, 2.45) is 0 Å². The number of nitrogens with zero attached hydrogens (tertiary/aromatic N) is 1. The predicted molar refractivity (Wildman–Crippen MR) is 91.2 cm³/mol. The molecule has 1 aromatic carbocycles. The largest absolute Gasteiger partial charge is 0.444 e. The zero-order chi connectivity index (χ0) is 17.1. The fraction of sp³-hybridized carbons (Fsp3) is 0.235. The van der Waals surface area contributed by atoms with Gasteiger partial charge in [-0.3, -0.25) is 14.4 Å². The van der Waals surface area contributed by atoms with E-state index in [4.69, 9.17) is 4.42 Å². The van der Waals surface area contributed by atoms with Crippen molar-refractivity contribution in [2.75, 3.05) is 18.0 Å². The first-order valence-electron chi connectivity index (χ1n) is 7.50. The van der Waals surface area contributed by atoms with Crippen LogP contribution in [0, 0.1) is 0 Å². The molecule has 0 radical (unpaired) electrons. The highest BCUT2D eigenvalue weighted by molar-refractivity contribution is 9.10. The van der Waals surface area contributed by atoms with Gasteiger partial charge in [0.05, 0.1) is 0 Å². The van der Waals surface area contributed by atoms with Crippen molar-refractivity contribution in [1.82, 2.24) is 5.32 Å². The summed E-state index contributed by atoms with van der Waals surface area (Å²) in [6.45, 7) is 0.874. The SMILES string of the molecule is O=CN1CCc2cc(C(=O)CCNC(=O)c3ccc(Br)o3)ccc21. The lowest BCUT2D eigenvalue weighted by atomic mass is 10.0. The number of carbonyl (C=O) groups is 3. The van der Waals surface area contributed by atoms with Crippen LogP contribution in [0.5, 0.6) is 0 Å². The van der Waals surface area contributed by atoms with Crippen molar-refractivity contribution < 1.29 is 18.8 Å². The summed E-state index contributed by atoms with van der Waals surface area (Å²) in [4.78, 5) is 36.6. The molecule has 0 atom stereocenters. The third-order valence-corrected chi connectivity index (χ3v) is 4.32. The van der Waals surface area contributed by atoms with Crippen molar-refractivity contribution in [2.45, 2.75) is 12.8 Å². The summed E-state index contributed by atoms with van der Waals surface area (Å²) < 4.78 is 5.62. The van der Waals surface area contributed by atoms with Crippen LogP contribution in [0.3, 0.4) is 0 Å². The highest BCUT2D eigenvalue weighted by Gasteiger charge is 2.20. The third kappa shape index (κ3) is 3.41. The highest BCUT2D eigenvalue weighted by atomic mass is 79.9. The summed E-state index contributed by atoms with van der Waals surface area (Å²) >= 11 is 3.13. The Labute approximate surface area is 146 Å². The lowest BCUT2D eigenvalue weighted by Gasteiger charge is -2.10. The van der Waals surface area contributed by atoms with Gasteiger partial charge in [0.2, 0.25) is 6.41 Å². The number of nitrogens with one attached hydrogen (secondary N) is 1. The molecule has 0 saturated heterocycles. The molecule has 7 heteroatoms. The van der Waals surface area contributed by atoms with Crippen LogP contribution < -0.4 is 10.2 Å². The van der Waals surface area contributed by atoms with Gasteiger partial charge in [-0.2, -0.15) is 0 Å². The fourth-order valence-corrected chi connectivity index (χ4v) is 2.97. The average Bonchev–Trinajstić information content (AvgIpc) is 3.19. The zero-order valence-corrected chi connectivity index (χ0v) is 14.3. The molecule has 0 spiro atoms. The van der Waals surface area contributed by atoms with Crippen molar-refractivity contribution in [3.8, 4) is 0 Å². The Bertz CT molecular complexity index is 800. The Morgan fingerprint density at radius 1 is 1.29 bits per heavy atom. The Morgan fingerprint density at radius 3 is 2.83 bits per heavy atom. The van der Waals surface area contributed by atoms with Gasteiger partial charge in [-0.25, -0.2) is 0 Å². The van der Waals surface area contributed by atoms with Crippen LogP contribution in [-0.2, 0) is 11.2 Å². The number of hydrogen-bond donors (Lipinski definition) is 1. The van der Waals surface area contributed by atoms with Gasteiger partial charge >= 0.3 is 0 Å². The minimum absolute atomic E-state index is 0.0525. The number of halogens is 1. The molecule has 0 aliphatic carbocycles. The number of ketones is 1. The summed E-state index contributed by atoms with van der Waals surface area (Å²) in [6.07, 6.45) is 1.75. The monoisotopic (exact) mass is 390 g/mol. The Morgan fingerprint density at radius 2 is 2.12 bits per heavy atom. The minimum atomic E-state index is -0.357. The van der Waals surface area contributed by atoms with Gasteiger partial charge in [-0.1, -0.05) is 0 Å². The normalized spacial score (nSPS) is 12.8. The maximum absolute atomic E-state index is 12.3. The zero-order valence-electron chi connectivity index (χ0n) is 12.8. The molecule has 0 fully saturated rings. The number of benzene rings is 1. The Balaban J connectivity index is 1.56. The van der Waals surface area contributed by atoms with Gasteiger partial charge < -0.3 is 14.6 Å². The molecule has 0 unspecified atom stereocenters. The van der Waals surface area contributed by atoms with Crippen LogP contribution in [0.1, 0.15) is 32.9 Å². The molecule has 1 N–H and O–H groups in total. The molecule has 2 heterocycles. The molecule has 6 nitrogen and oxygen atoms in total. The second-order valence-electron chi connectivity index (χ2n) is 5.43. The minimum Gasteiger partial charge on any atom is -0.444 e. The first-order chi connectivity index (χ1) is 11.6. The summed E-state index contributed by atoms with van der Waals surface area (Å²) in [5, 5.41) is 2.65. The van der Waals surface area contributed by atoms with Crippen molar-refractivity contribution >= 4 is 39.7 Å². The van der Waals surface area contributed by atoms with Gasteiger partial charge in [0.1, 0.15) is 0 Å². The Kier molecular flexibility index (Phi) is 4.80. The molecule has 1 aliphatic rings. The summed E-state index contributed by atoms with van der Waals surface area (Å²) in [5.74, 6) is -0.215. The van der Waals surface area contributed by atoms with E-state index in [1.165, 1.54) is 0 Å². The van der Waals surface area contributed by atoms with E-state index in [2.05, 4.69) is 21.2 Å². The van der Waals surface area contributed by atoms with Crippen molar-refractivity contribution in [3.05, 3.63) is 51.9 Å². The van der Waals surface area contributed by atoms with E-state index in [0.29, 0.717) is 16.8 Å². The molecule has 124 valence electrons. The second kappa shape index (κ2) is 7.00. The lowest BCUT2D eigenvalue weighted by molar-refractivity contribution is -0.107. The second-order valence-corrected chi connectivity index (χ2v) is 6.21. The number of furan rings is 1. The molecule has 0 saturated carbocycles. The number of hydrogen-bond acceptors (Lipinski definition) is 4. The molecule has 2 amide bonds. The van der Waals surface area contributed by atoms with E-state index in [1.807, 2.05) is 6.07 Å². The molecule has 2 aromatic rings. The van der Waals surface area contributed by atoms with Gasteiger partial charge in [0, 0.05) is 30.8 Å². The van der Waals surface area contributed by atoms with Gasteiger partial charge in [-0.15, -0.1) is 0 Å². The topological polar surface area (TPSA) is 79.6 Å². The van der Waals surface area contributed by atoms with E-state index in [9.17, 15) is 14.4 Å². The standard InChI is InChI=1S/C17H15BrN2O4/c18-16-4-3-15(24-16)17(23)19-7-5-14(22)12-1-2-13-11(9-12)6-8-20(13)10-21/h1-4,9-10H,5-8H2,(H,19,23). The number of Topliss-reactive ketones (excluding diaryl/α,β-unsaturated/α-hetero) is 1. The number of rotatable bonds is 6. The number of anilines is 1. The summed E-state index contributed by atoms with van der Waals surface area (Å²) in [7, 11) is 0. The maximum Gasteiger partial charge on any atom is 0.287 e. The van der Waals surface area contributed by atoms with Gasteiger partial charge in [0.25, 0.3) is 5.91 Å². The van der Waals surface area contributed by atoms with Crippen LogP contribution in [0.15, 0.2) is 39.4 Å². The molecule has 1 aliphatic heterocycles. The molecule has 1 aromatic heterocycles.